The van der Waals surface area contributed by atoms with E-state index in [0.717, 1.165) is 48.2 Å². The minimum atomic E-state index is -3.72. The van der Waals surface area contributed by atoms with E-state index in [4.69, 9.17) is 5.14 Å². The number of hydrogen-bond acceptors (Lipinski definition) is 4. The number of aromatic nitrogens is 2. The predicted molar refractivity (Wildman–Crippen MR) is 114 cm³/mol. The predicted octanol–water partition coefficient (Wildman–Crippen LogP) is 2.51. The Balaban J connectivity index is 1.48. The zero-order valence-corrected chi connectivity index (χ0v) is 17.7. The number of nitrogens with two attached hydrogens (primary N) is 1. The molecular weight excluding hydrogens is 419 g/mol. The summed E-state index contributed by atoms with van der Waals surface area (Å²) in [5.74, 6) is -0.569. The van der Waals surface area contributed by atoms with Crippen molar-refractivity contribution in [1.82, 2.24) is 15.1 Å². The normalized spacial score (nSPS) is 13.6. The number of benzene rings is 2. The van der Waals surface area contributed by atoms with Gasteiger partial charge in [-0.2, -0.15) is 5.10 Å². The first kappa shape index (κ1) is 21.2. The van der Waals surface area contributed by atoms with E-state index >= 15 is 0 Å². The molecule has 0 fully saturated rings. The molecule has 1 aliphatic rings. The van der Waals surface area contributed by atoms with Crippen molar-refractivity contribution in [2.45, 2.75) is 37.0 Å². The summed E-state index contributed by atoms with van der Waals surface area (Å²) in [6.07, 6.45) is 4.17. The average Bonchev–Trinajstić information content (AvgIpc) is 3.14. The topological polar surface area (TPSA) is 107 Å². The van der Waals surface area contributed by atoms with Gasteiger partial charge in [0, 0.05) is 17.8 Å². The van der Waals surface area contributed by atoms with E-state index in [0.29, 0.717) is 18.7 Å². The molecule has 1 heterocycles. The van der Waals surface area contributed by atoms with Crippen LogP contribution in [0.5, 0.6) is 0 Å². The van der Waals surface area contributed by atoms with Crippen LogP contribution < -0.4 is 10.5 Å². The van der Waals surface area contributed by atoms with Crippen molar-refractivity contribution < 1.29 is 17.6 Å². The summed E-state index contributed by atoms with van der Waals surface area (Å²) < 4.78 is 37.7. The third kappa shape index (κ3) is 4.67. The number of nitrogens with zero attached hydrogens (tertiary/aromatic N) is 2. The number of amides is 1. The van der Waals surface area contributed by atoms with Crippen LogP contribution in [-0.4, -0.2) is 30.7 Å². The van der Waals surface area contributed by atoms with Crippen LogP contribution >= 0.6 is 0 Å². The highest BCUT2D eigenvalue weighted by Crippen LogP contribution is 2.27. The van der Waals surface area contributed by atoms with Gasteiger partial charge in [-0.3, -0.25) is 4.79 Å². The molecule has 7 nitrogen and oxygen atoms in total. The molecule has 0 saturated carbocycles. The molecule has 9 heteroatoms. The van der Waals surface area contributed by atoms with E-state index in [2.05, 4.69) is 10.4 Å². The van der Waals surface area contributed by atoms with Gasteiger partial charge in [-0.25, -0.2) is 22.6 Å². The van der Waals surface area contributed by atoms with Crippen LogP contribution in [0.2, 0.25) is 0 Å². The smallest absolute Gasteiger partial charge is 0.272 e. The zero-order chi connectivity index (χ0) is 22.0. The molecular formula is C22H23FN4O3S. The van der Waals surface area contributed by atoms with Crippen molar-refractivity contribution in [1.29, 1.82) is 0 Å². The molecule has 0 unspecified atom stereocenters. The minimum absolute atomic E-state index is 0.0539. The largest absolute Gasteiger partial charge is 0.350 e. The molecule has 0 bridgehead atoms. The maximum atomic E-state index is 13.3. The van der Waals surface area contributed by atoms with Gasteiger partial charge in [0.05, 0.1) is 10.6 Å². The third-order valence-corrected chi connectivity index (χ3v) is 6.35. The van der Waals surface area contributed by atoms with E-state index in [9.17, 15) is 17.6 Å². The summed E-state index contributed by atoms with van der Waals surface area (Å²) in [5.41, 5.74) is 3.97. The molecule has 0 saturated heterocycles. The lowest BCUT2D eigenvalue weighted by Gasteiger charge is -2.14. The number of primary sulfonamides is 1. The summed E-state index contributed by atoms with van der Waals surface area (Å²) >= 11 is 0. The van der Waals surface area contributed by atoms with Gasteiger partial charge in [0.15, 0.2) is 5.69 Å². The highest BCUT2D eigenvalue weighted by atomic mass is 32.2. The summed E-state index contributed by atoms with van der Waals surface area (Å²) in [4.78, 5) is 12.9. The number of sulfonamides is 1. The fraction of sp³-hybridized carbons (Fsp3) is 0.273. The molecule has 1 aliphatic carbocycles. The average molecular weight is 443 g/mol. The second kappa shape index (κ2) is 8.60. The molecule has 0 spiro atoms. The Kier molecular flexibility index (Phi) is 5.88. The molecule has 1 amide bonds. The van der Waals surface area contributed by atoms with E-state index in [1.54, 1.807) is 28.9 Å². The number of carbonyl (C=O) groups is 1. The summed E-state index contributed by atoms with van der Waals surface area (Å²) in [6.45, 7) is 0.381. The number of rotatable bonds is 6. The standard InChI is InChI=1S/C22H23FN4O3S/c23-16-7-9-17(10-8-16)27-20-4-2-1-3-19(20)21(26-27)22(28)25-14-13-15-5-11-18(12-6-15)31(24,29)30/h5-12H,1-4,13-14H2,(H,25,28)(H2,24,29,30). The zero-order valence-electron chi connectivity index (χ0n) is 16.8. The molecule has 3 aromatic rings. The van der Waals surface area contributed by atoms with Crippen molar-refractivity contribution in [2.24, 2.45) is 5.14 Å². The molecule has 0 aliphatic heterocycles. The Morgan fingerprint density at radius 1 is 1.06 bits per heavy atom. The van der Waals surface area contributed by atoms with Crippen molar-refractivity contribution in [3.8, 4) is 5.69 Å². The SMILES string of the molecule is NS(=O)(=O)c1ccc(CCNC(=O)c2nn(-c3ccc(F)cc3)c3c2CCCC3)cc1. The van der Waals surface area contributed by atoms with Gasteiger partial charge >= 0.3 is 0 Å². The van der Waals surface area contributed by atoms with Crippen LogP contribution in [0.1, 0.15) is 40.2 Å². The molecule has 4 rings (SSSR count). The number of carbonyl (C=O) groups excluding carboxylic acids is 1. The van der Waals surface area contributed by atoms with Gasteiger partial charge in [-0.15, -0.1) is 0 Å². The molecule has 0 atom stereocenters. The third-order valence-electron chi connectivity index (χ3n) is 5.42. The quantitative estimate of drug-likeness (QED) is 0.612. The van der Waals surface area contributed by atoms with Crippen LogP contribution in [0.25, 0.3) is 5.69 Å². The second-order valence-electron chi connectivity index (χ2n) is 7.56. The van der Waals surface area contributed by atoms with E-state index in [1.165, 1.54) is 24.3 Å². The number of nitrogens with one attached hydrogen (secondary N) is 1. The van der Waals surface area contributed by atoms with Crippen LogP contribution in [0, 0.1) is 5.82 Å². The Bertz CT molecular complexity index is 1200. The van der Waals surface area contributed by atoms with Crippen LogP contribution in [0.15, 0.2) is 53.4 Å². The van der Waals surface area contributed by atoms with Gasteiger partial charge in [0.1, 0.15) is 5.82 Å². The van der Waals surface area contributed by atoms with Crippen molar-refractivity contribution >= 4 is 15.9 Å². The first-order valence-corrected chi connectivity index (χ1v) is 11.6. The van der Waals surface area contributed by atoms with E-state index < -0.39 is 10.0 Å². The summed E-state index contributed by atoms with van der Waals surface area (Å²) in [5, 5.41) is 12.6. The van der Waals surface area contributed by atoms with Crippen molar-refractivity contribution in [3.63, 3.8) is 0 Å². The summed E-state index contributed by atoms with van der Waals surface area (Å²) in [7, 11) is -3.72. The lowest BCUT2D eigenvalue weighted by atomic mass is 9.95. The van der Waals surface area contributed by atoms with Gasteiger partial charge in [0.25, 0.3) is 5.91 Å². The summed E-state index contributed by atoms with van der Waals surface area (Å²) in [6, 6.07) is 12.3. The maximum Gasteiger partial charge on any atom is 0.272 e. The number of halogens is 1. The molecule has 0 radical (unpaired) electrons. The first-order valence-electron chi connectivity index (χ1n) is 10.1. The fourth-order valence-electron chi connectivity index (χ4n) is 3.83. The number of hydrogen-bond donors (Lipinski definition) is 2. The molecule has 3 N–H and O–H groups in total. The molecule has 1 aromatic heterocycles. The molecule has 2 aromatic carbocycles. The second-order valence-corrected chi connectivity index (χ2v) is 9.13. The Hall–Kier alpha value is -3.04. The van der Waals surface area contributed by atoms with Crippen molar-refractivity contribution in [3.05, 3.63) is 76.9 Å². The highest BCUT2D eigenvalue weighted by Gasteiger charge is 2.25. The monoisotopic (exact) mass is 442 g/mol. The molecule has 162 valence electrons. The molecule has 31 heavy (non-hydrogen) atoms. The van der Waals surface area contributed by atoms with Crippen LogP contribution in [0.4, 0.5) is 4.39 Å². The number of fused-ring (bicyclic) bond motifs is 1. The Morgan fingerprint density at radius 2 is 1.74 bits per heavy atom. The Morgan fingerprint density at radius 3 is 2.42 bits per heavy atom. The lowest BCUT2D eigenvalue weighted by molar-refractivity contribution is 0.0947. The van der Waals surface area contributed by atoms with Crippen molar-refractivity contribution in [2.75, 3.05) is 6.54 Å². The van der Waals surface area contributed by atoms with Crippen LogP contribution in [0.3, 0.4) is 0 Å². The van der Waals surface area contributed by atoms with Gasteiger partial charge in [0.2, 0.25) is 10.0 Å². The minimum Gasteiger partial charge on any atom is -0.350 e. The highest BCUT2D eigenvalue weighted by molar-refractivity contribution is 7.89. The Labute approximate surface area is 180 Å². The van der Waals surface area contributed by atoms with E-state index in [1.807, 2.05) is 0 Å². The fourth-order valence-corrected chi connectivity index (χ4v) is 4.34. The van der Waals surface area contributed by atoms with Gasteiger partial charge in [-0.1, -0.05) is 12.1 Å². The first-order chi connectivity index (χ1) is 14.8. The van der Waals surface area contributed by atoms with Gasteiger partial charge < -0.3 is 5.32 Å². The van der Waals surface area contributed by atoms with Crippen LogP contribution in [-0.2, 0) is 29.3 Å². The van der Waals surface area contributed by atoms with Gasteiger partial charge in [-0.05, 0) is 74.1 Å². The maximum absolute atomic E-state index is 13.3. The van der Waals surface area contributed by atoms with E-state index in [-0.39, 0.29) is 16.6 Å². The lowest BCUT2D eigenvalue weighted by Crippen LogP contribution is -2.27.